The van der Waals surface area contributed by atoms with Gasteiger partial charge in [-0.2, -0.15) is 0 Å². The van der Waals surface area contributed by atoms with Crippen molar-refractivity contribution in [2.24, 2.45) is 5.92 Å². The largest absolute Gasteiger partial charge is 0.486 e. The third-order valence-electron chi connectivity index (χ3n) is 5.06. The molecule has 0 radical (unpaired) electrons. The van der Waals surface area contributed by atoms with Gasteiger partial charge in [-0.3, -0.25) is 19.3 Å². The van der Waals surface area contributed by atoms with Crippen LogP contribution < -0.4 is 19.7 Å². The summed E-state index contributed by atoms with van der Waals surface area (Å²) in [5.74, 6) is -0.975. The number of carbonyl (C=O) groups is 4. The zero-order valence-electron chi connectivity index (χ0n) is 15.9. The van der Waals surface area contributed by atoms with E-state index in [2.05, 4.69) is 5.32 Å². The fourth-order valence-corrected chi connectivity index (χ4v) is 3.54. The molecule has 29 heavy (non-hydrogen) atoms. The normalized spacial score (nSPS) is 21.8. The summed E-state index contributed by atoms with van der Waals surface area (Å²) in [7, 11) is 0. The monoisotopic (exact) mass is 403 g/mol. The van der Waals surface area contributed by atoms with Gasteiger partial charge in [0.25, 0.3) is 5.91 Å². The number of esters is 1. The Balaban J connectivity index is 1.39. The van der Waals surface area contributed by atoms with E-state index in [-0.39, 0.29) is 25.4 Å². The second-order valence-corrected chi connectivity index (χ2v) is 7.03. The number of carbonyl (C=O) groups excluding carboxylic acids is 4. The molecule has 2 atom stereocenters. The van der Waals surface area contributed by atoms with Crippen LogP contribution in [0.5, 0.6) is 11.5 Å². The maximum Gasteiger partial charge on any atom is 0.324 e. The number of imide groups is 1. The highest BCUT2D eigenvalue weighted by atomic mass is 16.6. The number of urea groups is 1. The summed E-state index contributed by atoms with van der Waals surface area (Å²) >= 11 is 0. The molecule has 1 aromatic rings. The fraction of sp³-hybridized carbons (Fsp3) is 0.474. The summed E-state index contributed by atoms with van der Waals surface area (Å²) in [6, 6.07) is 4.67. The number of fused-ring (bicyclic) bond motifs is 1. The lowest BCUT2D eigenvalue weighted by Gasteiger charge is -2.22. The second kappa shape index (κ2) is 7.61. The number of ether oxygens (including phenoxy) is 3. The van der Waals surface area contributed by atoms with E-state index in [1.54, 1.807) is 18.2 Å². The molecule has 0 bridgehead atoms. The summed E-state index contributed by atoms with van der Waals surface area (Å²) in [6.07, 6.45) is -1.12. The van der Waals surface area contributed by atoms with Gasteiger partial charge in [0.2, 0.25) is 5.91 Å². The highest BCUT2D eigenvalue weighted by Crippen LogP contribution is 2.36. The lowest BCUT2D eigenvalue weighted by Crippen LogP contribution is -2.42. The van der Waals surface area contributed by atoms with Crippen LogP contribution in [0.25, 0.3) is 0 Å². The van der Waals surface area contributed by atoms with E-state index in [1.165, 1.54) is 11.8 Å². The van der Waals surface area contributed by atoms with E-state index in [9.17, 15) is 19.2 Å². The molecule has 2 saturated heterocycles. The molecule has 10 nitrogen and oxygen atoms in total. The summed E-state index contributed by atoms with van der Waals surface area (Å²) in [5, 5.41) is 2.52. The van der Waals surface area contributed by atoms with Gasteiger partial charge in [0.15, 0.2) is 17.6 Å². The molecule has 154 valence electrons. The number of hydrogen-bond acceptors (Lipinski definition) is 7. The van der Waals surface area contributed by atoms with Gasteiger partial charge in [-0.1, -0.05) is 0 Å². The molecule has 2 fully saturated rings. The lowest BCUT2D eigenvalue weighted by atomic mass is 10.1. The molecular weight excluding hydrogens is 382 g/mol. The summed E-state index contributed by atoms with van der Waals surface area (Å²) in [5.41, 5.74) is 0.604. The maximum absolute atomic E-state index is 12.5. The van der Waals surface area contributed by atoms with Gasteiger partial charge in [0, 0.05) is 37.8 Å². The maximum atomic E-state index is 12.5. The van der Waals surface area contributed by atoms with Crippen LogP contribution in [0.4, 0.5) is 10.5 Å². The Kier molecular flexibility index (Phi) is 4.99. The molecule has 3 heterocycles. The molecule has 1 aromatic carbocycles. The zero-order chi connectivity index (χ0) is 20.5. The molecule has 0 spiro atoms. The van der Waals surface area contributed by atoms with Crippen LogP contribution in [-0.2, 0) is 19.1 Å². The van der Waals surface area contributed by atoms with Gasteiger partial charge < -0.3 is 24.4 Å². The first-order chi connectivity index (χ1) is 13.9. The van der Waals surface area contributed by atoms with E-state index in [0.717, 1.165) is 4.90 Å². The van der Waals surface area contributed by atoms with Crippen LogP contribution in [0.15, 0.2) is 18.2 Å². The van der Waals surface area contributed by atoms with Crippen molar-refractivity contribution in [2.45, 2.75) is 19.4 Å². The molecule has 0 unspecified atom stereocenters. The number of rotatable bonds is 4. The molecule has 4 amide bonds. The predicted octanol–water partition coefficient (Wildman–Crippen LogP) is 0.294. The first-order valence-electron chi connectivity index (χ1n) is 9.44. The third-order valence-corrected chi connectivity index (χ3v) is 5.06. The third kappa shape index (κ3) is 3.69. The Hall–Kier alpha value is -3.30. The molecule has 1 N–H and O–H groups in total. The second-order valence-electron chi connectivity index (χ2n) is 7.03. The molecular formula is C19H21N3O7. The number of anilines is 1. The molecule has 0 aliphatic carbocycles. The molecule has 0 saturated carbocycles. The zero-order valence-corrected chi connectivity index (χ0v) is 15.9. The predicted molar refractivity (Wildman–Crippen MR) is 98.6 cm³/mol. The van der Waals surface area contributed by atoms with E-state index < -0.39 is 29.9 Å². The standard InChI is InChI=1S/C19H21N3O7/c1-11(17(24)21-5-4-20-19(21)26)29-18(25)12-8-16(23)22(10-12)13-2-3-14-15(9-13)28-7-6-27-14/h2-3,9,11-12H,4-8,10H2,1H3,(H,20,26)/t11-,12+/m0/s1. The van der Waals surface area contributed by atoms with Crippen molar-refractivity contribution in [3.63, 3.8) is 0 Å². The van der Waals surface area contributed by atoms with Gasteiger partial charge >= 0.3 is 12.0 Å². The summed E-state index contributed by atoms with van der Waals surface area (Å²) in [4.78, 5) is 51.3. The number of hydrogen-bond donors (Lipinski definition) is 1. The minimum atomic E-state index is -1.11. The van der Waals surface area contributed by atoms with Crippen LogP contribution in [0, 0.1) is 5.92 Å². The lowest BCUT2D eigenvalue weighted by molar-refractivity contribution is -0.160. The Morgan fingerprint density at radius 1 is 1.21 bits per heavy atom. The highest BCUT2D eigenvalue weighted by Gasteiger charge is 2.39. The Morgan fingerprint density at radius 2 is 1.97 bits per heavy atom. The Labute approximate surface area is 166 Å². The SMILES string of the molecule is C[C@H](OC(=O)[C@@H]1CC(=O)N(c2ccc3c(c2)OCCO3)C1)C(=O)N1CCNC1=O. The number of benzene rings is 1. The molecule has 3 aliphatic rings. The van der Waals surface area contributed by atoms with Crippen molar-refractivity contribution in [3.05, 3.63) is 18.2 Å². The van der Waals surface area contributed by atoms with Gasteiger partial charge in [-0.25, -0.2) is 4.79 Å². The minimum absolute atomic E-state index is 0.0155. The molecule has 10 heteroatoms. The topological polar surface area (TPSA) is 114 Å². The average Bonchev–Trinajstić information content (AvgIpc) is 3.32. The van der Waals surface area contributed by atoms with Crippen molar-refractivity contribution in [1.82, 2.24) is 10.2 Å². The molecule has 4 rings (SSSR count). The van der Waals surface area contributed by atoms with Gasteiger partial charge in [0.1, 0.15) is 13.2 Å². The van der Waals surface area contributed by atoms with Gasteiger partial charge in [0.05, 0.1) is 5.92 Å². The van der Waals surface area contributed by atoms with Crippen LogP contribution in [0.1, 0.15) is 13.3 Å². The van der Waals surface area contributed by atoms with Crippen LogP contribution in [0.3, 0.4) is 0 Å². The van der Waals surface area contributed by atoms with Crippen molar-refractivity contribution >= 4 is 29.5 Å². The Morgan fingerprint density at radius 3 is 2.69 bits per heavy atom. The van der Waals surface area contributed by atoms with Gasteiger partial charge in [-0.05, 0) is 19.1 Å². The Bertz CT molecular complexity index is 871. The van der Waals surface area contributed by atoms with E-state index in [1.807, 2.05) is 0 Å². The minimum Gasteiger partial charge on any atom is -0.486 e. The van der Waals surface area contributed by atoms with Crippen molar-refractivity contribution in [1.29, 1.82) is 0 Å². The molecule has 0 aromatic heterocycles. The average molecular weight is 403 g/mol. The highest BCUT2D eigenvalue weighted by molar-refractivity contribution is 6.01. The van der Waals surface area contributed by atoms with Gasteiger partial charge in [-0.15, -0.1) is 0 Å². The van der Waals surface area contributed by atoms with E-state index in [4.69, 9.17) is 14.2 Å². The van der Waals surface area contributed by atoms with Crippen molar-refractivity contribution < 1.29 is 33.4 Å². The quantitative estimate of drug-likeness (QED) is 0.719. The smallest absolute Gasteiger partial charge is 0.324 e. The summed E-state index contributed by atoms with van der Waals surface area (Å²) in [6.45, 7) is 3.06. The first-order valence-corrected chi connectivity index (χ1v) is 9.44. The first kappa shape index (κ1) is 19.0. The van der Waals surface area contributed by atoms with Crippen LogP contribution >= 0.6 is 0 Å². The van der Waals surface area contributed by atoms with Crippen molar-refractivity contribution in [2.75, 3.05) is 37.7 Å². The van der Waals surface area contributed by atoms with Crippen molar-refractivity contribution in [3.8, 4) is 11.5 Å². The summed E-state index contributed by atoms with van der Waals surface area (Å²) < 4.78 is 16.3. The number of nitrogens with zero attached hydrogens (tertiary/aromatic N) is 2. The molecule has 3 aliphatic heterocycles. The fourth-order valence-electron chi connectivity index (χ4n) is 3.54. The van der Waals surface area contributed by atoms with Crippen LogP contribution in [-0.4, -0.2) is 67.7 Å². The van der Waals surface area contributed by atoms with E-state index >= 15 is 0 Å². The number of amides is 4. The van der Waals surface area contributed by atoms with E-state index in [0.29, 0.717) is 36.9 Å². The number of nitrogens with one attached hydrogen (secondary N) is 1. The van der Waals surface area contributed by atoms with Crippen LogP contribution in [0.2, 0.25) is 0 Å².